The third-order valence-corrected chi connectivity index (χ3v) is 10.3. The molecule has 2 aliphatic rings. The molecule has 0 bridgehead atoms. The van der Waals surface area contributed by atoms with Crippen LogP contribution in [0.3, 0.4) is 0 Å². The molecule has 0 saturated carbocycles. The van der Waals surface area contributed by atoms with Crippen LogP contribution in [0.25, 0.3) is 10.9 Å². The number of nitrogens with two attached hydrogens (primary N) is 1. The van der Waals surface area contributed by atoms with Crippen LogP contribution in [0, 0.1) is 0 Å². The Balaban J connectivity index is 1.57. The average Bonchev–Trinajstić information content (AvgIpc) is 3.43. The SMILES string of the molecule is CC(=O)N(Cc1cc(Cl)c(Cl)c(Cl)c1)C(=O)C(C(C)=O)(C(N)c1c[nH]c2ccccc12)N1CCC(N2CCCCC2)CC1. The number of benzene rings is 2. The Morgan fingerprint density at radius 3 is 2.23 bits per heavy atom. The fourth-order valence-corrected chi connectivity index (χ4v) is 7.56. The van der Waals surface area contributed by atoms with E-state index in [9.17, 15) is 14.4 Å². The normalized spacial score (nSPS) is 19.2. The first kappa shape index (κ1) is 31.9. The Bertz CT molecular complexity index is 1490. The number of carbonyl (C=O) groups excluding carboxylic acids is 3. The van der Waals surface area contributed by atoms with Gasteiger partial charge in [0, 0.05) is 43.2 Å². The molecule has 2 unspecified atom stereocenters. The first-order valence-electron chi connectivity index (χ1n) is 14.8. The fraction of sp³-hybridized carbons (Fsp3) is 0.469. The number of H-pyrrole nitrogens is 1. The summed E-state index contributed by atoms with van der Waals surface area (Å²) in [6.07, 6.45) is 6.98. The summed E-state index contributed by atoms with van der Waals surface area (Å²) in [5.41, 5.74) is 7.24. The van der Waals surface area contributed by atoms with Gasteiger partial charge < -0.3 is 15.6 Å². The molecular formula is C32H38Cl3N5O3. The minimum Gasteiger partial charge on any atom is -0.361 e. The van der Waals surface area contributed by atoms with E-state index in [0.717, 1.165) is 41.7 Å². The van der Waals surface area contributed by atoms with Crippen molar-refractivity contribution in [2.24, 2.45) is 5.73 Å². The van der Waals surface area contributed by atoms with Gasteiger partial charge in [-0.05, 0) is 75.0 Å². The van der Waals surface area contributed by atoms with Crippen LogP contribution in [0.5, 0.6) is 0 Å². The van der Waals surface area contributed by atoms with Crippen molar-refractivity contribution in [2.75, 3.05) is 26.2 Å². The van der Waals surface area contributed by atoms with Crippen molar-refractivity contribution >= 4 is 63.3 Å². The highest BCUT2D eigenvalue weighted by Crippen LogP contribution is 2.39. The van der Waals surface area contributed by atoms with Crippen LogP contribution in [-0.2, 0) is 20.9 Å². The molecular weight excluding hydrogens is 609 g/mol. The van der Waals surface area contributed by atoms with Gasteiger partial charge in [0.2, 0.25) is 5.91 Å². The number of aromatic nitrogens is 1. The number of Topliss-reactive ketones (excluding diaryl/α,β-unsaturated/α-hetero) is 1. The number of carbonyl (C=O) groups is 3. The second kappa shape index (κ2) is 13.3. The van der Waals surface area contributed by atoms with Crippen molar-refractivity contribution in [3.63, 3.8) is 0 Å². The third kappa shape index (κ3) is 6.10. The molecule has 2 fully saturated rings. The van der Waals surface area contributed by atoms with Crippen molar-refractivity contribution in [1.29, 1.82) is 0 Å². The maximum Gasteiger partial charge on any atom is 0.259 e. The minimum absolute atomic E-state index is 0.148. The van der Waals surface area contributed by atoms with Crippen LogP contribution in [0.1, 0.15) is 63.1 Å². The number of rotatable bonds is 8. The van der Waals surface area contributed by atoms with Gasteiger partial charge in [0.15, 0.2) is 11.3 Å². The number of para-hydroxylation sites is 1. The summed E-state index contributed by atoms with van der Waals surface area (Å²) in [4.78, 5) is 50.9. The number of likely N-dealkylation sites (tertiary alicyclic amines) is 2. The molecule has 43 heavy (non-hydrogen) atoms. The Kier molecular flexibility index (Phi) is 9.86. The van der Waals surface area contributed by atoms with Crippen LogP contribution in [0.15, 0.2) is 42.6 Å². The minimum atomic E-state index is -1.83. The lowest BCUT2D eigenvalue weighted by Crippen LogP contribution is -2.70. The summed E-state index contributed by atoms with van der Waals surface area (Å²) < 4.78 is 0. The zero-order valence-corrected chi connectivity index (χ0v) is 26.8. The molecule has 8 nitrogen and oxygen atoms in total. The Labute approximate surface area is 267 Å². The highest BCUT2D eigenvalue weighted by Gasteiger charge is 2.57. The van der Waals surface area contributed by atoms with Crippen molar-refractivity contribution in [1.82, 2.24) is 19.7 Å². The number of nitrogens with zero attached hydrogens (tertiary/aromatic N) is 3. The van der Waals surface area contributed by atoms with Gasteiger partial charge in [-0.15, -0.1) is 0 Å². The van der Waals surface area contributed by atoms with Crippen molar-refractivity contribution in [3.05, 3.63) is 68.8 Å². The third-order valence-electron chi connectivity index (χ3n) is 9.15. The lowest BCUT2D eigenvalue weighted by molar-refractivity contribution is -0.160. The van der Waals surface area contributed by atoms with E-state index in [1.165, 1.54) is 33.1 Å². The molecule has 0 radical (unpaired) electrons. The Morgan fingerprint density at radius 2 is 1.63 bits per heavy atom. The molecule has 11 heteroatoms. The maximum absolute atomic E-state index is 14.9. The van der Waals surface area contributed by atoms with E-state index in [4.69, 9.17) is 40.5 Å². The molecule has 3 heterocycles. The summed E-state index contributed by atoms with van der Waals surface area (Å²) in [5.74, 6) is -1.60. The molecule has 230 valence electrons. The van der Waals surface area contributed by atoms with E-state index in [0.29, 0.717) is 30.3 Å². The number of nitrogens with one attached hydrogen (secondary N) is 1. The molecule has 0 aliphatic carbocycles. The van der Waals surface area contributed by atoms with Gasteiger partial charge in [-0.25, -0.2) is 0 Å². The van der Waals surface area contributed by atoms with Crippen LogP contribution in [0.2, 0.25) is 15.1 Å². The van der Waals surface area contributed by atoms with Crippen molar-refractivity contribution in [2.45, 2.75) is 70.1 Å². The van der Waals surface area contributed by atoms with Crippen molar-refractivity contribution < 1.29 is 14.4 Å². The van der Waals surface area contributed by atoms with Gasteiger partial charge in [-0.1, -0.05) is 59.4 Å². The number of aromatic amines is 1. The second-order valence-corrected chi connectivity index (χ2v) is 12.9. The topological polar surface area (TPSA) is 103 Å². The molecule has 3 N–H and O–H groups in total. The molecule has 2 atom stereocenters. The predicted molar refractivity (Wildman–Crippen MR) is 171 cm³/mol. The number of amides is 2. The van der Waals surface area contributed by atoms with Crippen LogP contribution >= 0.6 is 34.8 Å². The van der Waals surface area contributed by atoms with Crippen LogP contribution < -0.4 is 5.73 Å². The molecule has 2 aromatic carbocycles. The van der Waals surface area contributed by atoms with Gasteiger partial charge in [0.25, 0.3) is 5.91 Å². The lowest BCUT2D eigenvalue weighted by Gasteiger charge is -2.50. The van der Waals surface area contributed by atoms with E-state index in [2.05, 4.69) is 9.88 Å². The van der Waals surface area contributed by atoms with Crippen LogP contribution in [0.4, 0.5) is 0 Å². The number of piperidine rings is 2. The van der Waals surface area contributed by atoms with Gasteiger partial charge in [0.05, 0.1) is 27.7 Å². The number of halogens is 3. The number of ketones is 1. The quantitative estimate of drug-likeness (QED) is 0.231. The second-order valence-electron chi connectivity index (χ2n) is 11.7. The first-order chi connectivity index (χ1) is 20.5. The monoisotopic (exact) mass is 645 g/mol. The Morgan fingerprint density at radius 1 is 1.00 bits per heavy atom. The zero-order chi connectivity index (χ0) is 30.9. The molecule has 3 aromatic rings. The van der Waals surface area contributed by atoms with Gasteiger partial charge in [-0.2, -0.15) is 0 Å². The molecule has 0 spiro atoms. The summed E-state index contributed by atoms with van der Waals surface area (Å²) in [6.45, 7) is 5.69. The van der Waals surface area contributed by atoms with E-state index >= 15 is 0 Å². The van der Waals surface area contributed by atoms with Crippen molar-refractivity contribution in [3.8, 4) is 0 Å². The molecule has 2 amide bonds. The van der Waals surface area contributed by atoms with Gasteiger partial charge in [-0.3, -0.25) is 24.2 Å². The molecule has 5 rings (SSSR count). The maximum atomic E-state index is 14.9. The standard InChI is InChI=1S/C32H38Cl3N5O3/c1-20(41)32(30(36)25-18-37-28-9-5-4-8-24(25)28,39-14-10-23(11-15-39)38-12-6-3-7-13-38)31(43)40(21(2)42)19-22-16-26(33)29(35)27(34)17-22/h4-5,8-9,16-18,23,30,37H,3,6-7,10-15,19,36H2,1-2H3. The first-order valence-corrected chi connectivity index (χ1v) is 16.0. The summed E-state index contributed by atoms with van der Waals surface area (Å²) in [7, 11) is 0. The largest absolute Gasteiger partial charge is 0.361 e. The van der Waals surface area contributed by atoms with Gasteiger partial charge >= 0.3 is 0 Å². The molecule has 1 aromatic heterocycles. The smallest absolute Gasteiger partial charge is 0.259 e. The lowest BCUT2D eigenvalue weighted by atomic mass is 9.77. The van der Waals surface area contributed by atoms with E-state index in [-0.39, 0.29) is 21.6 Å². The molecule has 2 aliphatic heterocycles. The highest BCUT2D eigenvalue weighted by atomic mass is 35.5. The average molecular weight is 647 g/mol. The summed E-state index contributed by atoms with van der Waals surface area (Å²) in [6, 6.07) is 10.1. The van der Waals surface area contributed by atoms with E-state index in [1.54, 1.807) is 18.3 Å². The summed E-state index contributed by atoms with van der Waals surface area (Å²) >= 11 is 18.7. The summed E-state index contributed by atoms with van der Waals surface area (Å²) in [5, 5.41) is 1.41. The zero-order valence-electron chi connectivity index (χ0n) is 24.5. The van der Waals surface area contributed by atoms with Crippen LogP contribution in [-0.4, -0.2) is 75.0 Å². The number of fused-ring (bicyclic) bond motifs is 1. The highest BCUT2D eigenvalue weighted by molar-refractivity contribution is 6.48. The Hall–Kier alpha value is -2.46. The van der Waals surface area contributed by atoms with Gasteiger partial charge in [0.1, 0.15) is 0 Å². The van der Waals surface area contributed by atoms with E-state index in [1.807, 2.05) is 29.2 Å². The number of imide groups is 1. The van der Waals surface area contributed by atoms with E-state index < -0.39 is 29.2 Å². The number of hydrogen-bond donors (Lipinski definition) is 2. The fourth-order valence-electron chi connectivity index (χ4n) is 6.91. The predicted octanol–water partition coefficient (Wildman–Crippen LogP) is 5.98. The number of hydrogen-bond acceptors (Lipinski definition) is 6. The molecule has 2 saturated heterocycles.